The van der Waals surface area contributed by atoms with Crippen LogP contribution in [0.1, 0.15) is 31.4 Å². The van der Waals surface area contributed by atoms with Crippen LogP contribution < -0.4 is 10.5 Å². The van der Waals surface area contributed by atoms with Gasteiger partial charge in [0, 0.05) is 6.04 Å². The molecule has 2 aromatic rings. The predicted molar refractivity (Wildman–Crippen MR) is 79.6 cm³/mol. The largest absolute Gasteiger partial charge is 0.497 e. The number of hydrogen-bond donors (Lipinski definition) is 1. The van der Waals surface area contributed by atoms with Crippen molar-refractivity contribution < 1.29 is 4.74 Å². The van der Waals surface area contributed by atoms with Crippen molar-refractivity contribution >= 4 is 23.2 Å². The zero-order chi connectivity index (χ0) is 12.3. The number of benzene rings is 2. The zero-order valence-electron chi connectivity index (χ0n) is 10.8. The van der Waals surface area contributed by atoms with Crippen LogP contribution in [0.2, 0.25) is 0 Å². The molecule has 0 aliphatic heterocycles. The normalized spacial score (nSPS) is 11.9. The summed E-state index contributed by atoms with van der Waals surface area (Å²) in [5.41, 5.74) is 7.34. The number of fused-ring (bicyclic) bond motifs is 1. The van der Waals surface area contributed by atoms with Gasteiger partial charge >= 0.3 is 0 Å². The van der Waals surface area contributed by atoms with E-state index in [1.807, 2.05) is 12.1 Å². The third-order valence-corrected chi connectivity index (χ3v) is 3.10. The highest BCUT2D eigenvalue weighted by atomic mass is 35.5. The predicted octanol–water partition coefficient (Wildman–Crippen LogP) is 4.07. The Morgan fingerprint density at radius 1 is 1.11 bits per heavy atom. The number of methoxy groups -OCH3 is 1. The molecule has 2 aromatic carbocycles. The molecule has 2 N–H and O–H groups in total. The Labute approximate surface area is 115 Å². The quantitative estimate of drug-likeness (QED) is 0.904. The highest BCUT2D eigenvalue weighted by Crippen LogP contribution is 2.25. The number of nitrogens with two attached hydrogens (primary N) is 1. The van der Waals surface area contributed by atoms with E-state index in [9.17, 15) is 0 Å². The molecular formula is C15H20ClNO. The summed E-state index contributed by atoms with van der Waals surface area (Å²) in [6, 6.07) is 12.7. The molecule has 1 atom stereocenters. The molecule has 0 aliphatic carbocycles. The Hall–Kier alpha value is -1.25. The summed E-state index contributed by atoms with van der Waals surface area (Å²) in [6.45, 7) is 2.16. The molecule has 18 heavy (non-hydrogen) atoms. The van der Waals surface area contributed by atoms with Crippen molar-refractivity contribution in [1.29, 1.82) is 0 Å². The molecule has 0 bridgehead atoms. The lowest BCUT2D eigenvalue weighted by atomic mass is 9.99. The highest BCUT2D eigenvalue weighted by Gasteiger charge is 2.05. The maximum absolute atomic E-state index is 6.13. The highest BCUT2D eigenvalue weighted by molar-refractivity contribution is 5.85. The van der Waals surface area contributed by atoms with Gasteiger partial charge in [0.2, 0.25) is 0 Å². The fourth-order valence-electron chi connectivity index (χ4n) is 2.08. The Morgan fingerprint density at radius 2 is 1.78 bits per heavy atom. The summed E-state index contributed by atoms with van der Waals surface area (Å²) in [7, 11) is 1.69. The molecule has 0 saturated heterocycles. The van der Waals surface area contributed by atoms with Gasteiger partial charge < -0.3 is 10.5 Å². The van der Waals surface area contributed by atoms with Crippen molar-refractivity contribution in [2.24, 2.45) is 5.73 Å². The van der Waals surface area contributed by atoms with Crippen LogP contribution in [0.3, 0.4) is 0 Å². The Bertz CT molecular complexity index is 513. The molecule has 0 aliphatic rings. The first-order valence-corrected chi connectivity index (χ1v) is 6.08. The van der Waals surface area contributed by atoms with E-state index in [1.54, 1.807) is 7.11 Å². The number of halogens is 1. The molecule has 2 nitrogen and oxygen atoms in total. The van der Waals surface area contributed by atoms with Crippen molar-refractivity contribution in [2.75, 3.05) is 7.11 Å². The lowest BCUT2D eigenvalue weighted by Crippen LogP contribution is -2.09. The lowest BCUT2D eigenvalue weighted by molar-refractivity contribution is 0.415. The van der Waals surface area contributed by atoms with Gasteiger partial charge in [0.25, 0.3) is 0 Å². The van der Waals surface area contributed by atoms with E-state index < -0.39 is 0 Å². The first kappa shape index (κ1) is 14.8. The van der Waals surface area contributed by atoms with Gasteiger partial charge in [-0.25, -0.2) is 0 Å². The van der Waals surface area contributed by atoms with Gasteiger partial charge in [-0.3, -0.25) is 0 Å². The average molecular weight is 266 g/mol. The first-order chi connectivity index (χ1) is 8.24. The SMILES string of the molecule is CCC[C@H](N)c1ccc2cc(OC)ccc2c1.Cl. The lowest BCUT2D eigenvalue weighted by Gasteiger charge is -2.12. The van der Waals surface area contributed by atoms with Gasteiger partial charge in [-0.1, -0.05) is 31.5 Å². The van der Waals surface area contributed by atoms with Crippen LogP contribution in [0.15, 0.2) is 36.4 Å². The third kappa shape index (κ3) is 3.15. The van der Waals surface area contributed by atoms with Crippen LogP contribution in [0.4, 0.5) is 0 Å². The number of ether oxygens (including phenoxy) is 1. The smallest absolute Gasteiger partial charge is 0.119 e. The monoisotopic (exact) mass is 265 g/mol. The van der Waals surface area contributed by atoms with E-state index in [0.717, 1.165) is 18.6 Å². The van der Waals surface area contributed by atoms with Crippen LogP contribution in [0, 0.1) is 0 Å². The Kier molecular flexibility index (Phi) is 5.45. The Morgan fingerprint density at radius 3 is 2.44 bits per heavy atom. The van der Waals surface area contributed by atoms with E-state index in [2.05, 4.69) is 31.2 Å². The van der Waals surface area contributed by atoms with Crippen molar-refractivity contribution in [2.45, 2.75) is 25.8 Å². The summed E-state index contributed by atoms with van der Waals surface area (Å²) in [5, 5.41) is 2.41. The molecule has 0 fully saturated rings. The molecule has 3 heteroatoms. The molecule has 0 radical (unpaired) electrons. The molecule has 2 rings (SSSR count). The summed E-state index contributed by atoms with van der Waals surface area (Å²) in [6.07, 6.45) is 2.14. The van der Waals surface area contributed by atoms with Crippen LogP contribution in [-0.4, -0.2) is 7.11 Å². The third-order valence-electron chi connectivity index (χ3n) is 3.10. The van der Waals surface area contributed by atoms with Crippen LogP contribution in [0.5, 0.6) is 5.75 Å². The molecule has 0 unspecified atom stereocenters. The summed E-state index contributed by atoms with van der Waals surface area (Å²) < 4.78 is 5.21. The second kappa shape index (κ2) is 6.62. The van der Waals surface area contributed by atoms with Gasteiger partial charge in [-0.2, -0.15) is 0 Å². The molecule has 0 amide bonds. The minimum Gasteiger partial charge on any atom is -0.497 e. The van der Waals surface area contributed by atoms with Crippen LogP contribution >= 0.6 is 12.4 Å². The van der Waals surface area contributed by atoms with Gasteiger partial charge in [0.15, 0.2) is 0 Å². The van der Waals surface area contributed by atoms with Crippen LogP contribution in [-0.2, 0) is 0 Å². The molecule has 98 valence electrons. The molecular weight excluding hydrogens is 246 g/mol. The second-order valence-electron chi connectivity index (χ2n) is 4.37. The Balaban J connectivity index is 0.00000162. The van der Waals surface area contributed by atoms with E-state index in [-0.39, 0.29) is 18.4 Å². The summed E-state index contributed by atoms with van der Waals surface area (Å²) >= 11 is 0. The van der Waals surface area contributed by atoms with E-state index >= 15 is 0 Å². The minimum absolute atomic E-state index is 0. The minimum atomic E-state index is 0. The fourth-order valence-corrected chi connectivity index (χ4v) is 2.08. The van der Waals surface area contributed by atoms with Crippen molar-refractivity contribution in [3.05, 3.63) is 42.0 Å². The van der Waals surface area contributed by atoms with Crippen molar-refractivity contribution in [3.63, 3.8) is 0 Å². The van der Waals surface area contributed by atoms with Crippen molar-refractivity contribution in [3.8, 4) is 5.75 Å². The van der Waals surface area contributed by atoms with Gasteiger partial charge in [-0.05, 0) is 41.0 Å². The van der Waals surface area contributed by atoms with Gasteiger partial charge in [0.1, 0.15) is 5.75 Å². The number of hydrogen-bond acceptors (Lipinski definition) is 2. The molecule has 0 spiro atoms. The standard InChI is InChI=1S/C15H19NO.ClH/c1-3-4-15(16)13-6-5-12-10-14(17-2)8-7-11(12)9-13;/h5-10,15H,3-4,16H2,1-2H3;1H/t15-;/m0./s1. The van der Waals surface area contributed by atoms with E-state index in [0.29, 0.717) is 0 Å². The van der Waals surface area contributed by atoms with Crippen molar-refractivity contribution in [1.82, 2.24) is 0 Å². The maximum Gasteiger partial charge on any atom is 0.119 e. The molecule has 0 saturated carbocycles. The summed E-state index contributed by atoms with van der Waals surface area (Å²) in [5.74, 6) is 0.892. The molecule has 0 aromatic heterocycles. The molecule has 0 heterocycles. The van der Waals surface area contributed by atoms with E-state index in [1.165, 1.54) is 16.3 Å². The van der Waals surface area contributed by atoms with Gasteiger partial charge in [-0.15, -0.1) is 12.4 Å². The topological polar surface area (TPSA) is 35.2 Å². The van der Waals surface area contributed by atoms with Gasteiger partial charge in [0.05, 0.1) is 7.11 Å². The average Bonchev–Trinajstić information content (AvgIpc) is 2.37. The second-order valence-corrected chi connectivity index (χ2v) is 4.37. The summed E-state index contributed by atoms with van der Waals surface area (Å²) in [4.78, 5) is 0. The zero-order valence-corrected chi connectivity index (χ0v) is 11.7. The van der Waals surface area contributed by atoms with E-state index in [4.69, 9.17) is 10.5 Å². The first-order valence-electron chi connectivity index (χ1n) is 6.08. The number of rotatable bonds is 4. The fraction of sp³-hybridized carbons (Fsp3) is 0.333. The maximum atomic E-state index is 6.13. The van der Waals surface area contributed by atoms with Crippen LogP contribution in [0.25, 0.3) is 10.8 Å².